The molecule has 0 radical (unpaired) electrons. The van der Waals surface area contributed by atoms with Gasteiger partial charge in [0.05, 0.1) is 6.54 Å². The lowest BCUT2D eigenvalue weighted by molar-refractivity contribution is -0.127. The number of benzene rings is 1. The molecule has 140 valence electrons. The van der Waals surface area contributed by atoms with E-state index in [1.807, 2.05) is 18.2 Å². The fourth-order valence-corrected chi connectivity index (χ4v) is 5.69. The van der Waals surface area contributed by atoms with Crippen LogP contribution in [-0.2, 0) is 21.4 Å². The van der Waals surface area contributed by atoms with Crippen molar-refractivity contribution < 1.29 is 17.9 Å². The summed E-state index contributed by atoms with van der Waals surface area (Å²) >= 11 is 1.20. The Labute approximate surface area is 157 Å². The van der Waals surface area contributed by atoms with Gasteiger partial charge >= 0.3 is 0 Å². The number of carbonyl (C=O) groups excluding carboxylic acids is 1. The SMILES string of the molecule is C[C@H](Oc1ccccc1)C(=O)NCc1ccc(S(=O)(=O)N2CCCC2)s1. The van der Waals surface area contributed by atoms with E-state index in [2.05, 4.69) is 5.32 Å². The summed E-state index contributed by atoms with van der Waals surface area (Å²) in [7, 11) is -3.40. The van der Waals surface area contributed by atoms with Crippen molar-refractivity contribution in [2.75, 3.05) is 13.1 Å². The molecule has 1 aromatic carbocycles. The average molecular weight is 395 g/mol. The summed E-state index contributed by atoms with van der Waals surface area (Å²) in [5, 5.41) is 2.79. The van der Waals surface area contributed by atoms with Crippen molar-refractivity contribution in [3.05, 3.63) is 47.3 Å². The van der Waals surface area contributed by atoms with Crippen LogP contribution >= 0.6 is 11.3 Å². The highest BCUT2D eigenvalue weighted by Gasteiger charge is 2.28. The number of carbonyl (C=O) groups is 1. The number of hydrogen-bond acceptors (Lipinski definition) is 5. The minimum absolute atomic E-state index is 0.244. The van der Waals surface area contributed by atoms with Crippen LogP contribution < -0.4 is 10.1 Å². The molecule has 1 aromatic heterocycles. The molecule has 26 heavy (non-hydrogen) atoms. The fraction of sp³-hybridized carbons (Fsp3) is 0.389. The molecule has 1 saturated heterocycles. The third kappa shape index (κ3) is 4.44. The van der Waals surface area contributed by atoms with Crippen molar-refractivity contribution in [1.29, 1.82) is 0 Å². The van der Waals surface area contributed by atoms with Gasteiger partial charge in [0.2, 0.25) is 0 Å². The van der Waals surface area contributed by atoms with Crippen LogP contribution in [0.15, 0.2) is 46.7 Å². The van der Waals surface area contributed by atoms with Gasteiger partial charge in [0, 0.05) is 18.0 Å². The smallest absolute Gasteiger partial charge is 0.261 e. The second-order valence-corrected chi connectivity index (χ2v) is 9.46. The number of para-hydroxylation sites is 1. The zero-order valence-electron chi connectivity index (χ0n) is 14.6. The number of amides is 1. The fourth-order valence-electron chi connectivity index (χ4n) is 2.72. The highest BCUT2D eigenvalue weighted by atomic mass is 32.2. The molecule has 6 nitrogen and oxygen atoms in total. The summed E-state index contributed by atoms with van der Waals surface area (Å²) in [6.07, 6.45) is 1.18. The van der Waals surface area contributed by atoms with Crippen molar-refractivity contribution in [3.63, 3.8) is 0 Å². The van der Waals surface area contributed by atoms with Crippen molar-refractivity contribution in [2.24, 2.45) is 0 Å². The first-order valence-electron chi connectivity index (χ1n) is 8.55. The predicted octanol–water partition coefficient (Wildman–Crippen LogP) is 2.62. The average Bonchev–Trinajstić information content (AvgIpc) is 3.32. The zero-order valence-corrected chi connectivity index (χ0v) is 16.2. The van der Waals surface area contributed by atoms with E-state index in [9.17, 15) is 13.2 Å². The Hall–Kier alpha value is -1.90. The molecular weight excluding hydrogens is 372 g/mol. The molecule has 2 heterocycles. The van der Waals surface area contributed by atoms with E-state index >= 15 is 0 Å². The molecular formula is C18H22N2O4S2. The molecule has 1 aliphatic heterocycles. The normalized spacial score (nSPS) is 16.3. The van der Waals surface area contributed by atoms with E-state index in [1.54, 1.807) is 31.2 Å². The topological polar surface area (TPSA) is 75.7 Å². The van der Waals surface area contributed by atoms with Gasteiger partial charge in [-0.25, -0.2) is 8.42 Å². The number of thiophene rings is 1. The van der Waals surface area contributed by atoms with Crippen LogP contribution in [0, 0.1) is 0 Å². The lowest BCUT2D eigenvalue weighted by Gasteiger charge is -2.14. The number of ether oxygens (including phenoxy) is 1. The molecule has 0 aliphatic carbocycles. The van der Waals surface area contributed by atoms with Crippen LogP contribution in [0.4, 0.5) is 0 Å². The van der Waals surface area contributed by atoms with E-state index in [0.29, 0.717) is 23.0 Å². The third-order valence-electron chi connectivity index (χ3n) is 4.16. The van der Waals surface area contributed by atoms with Gasteiger partial charge in [-0.05, 0) is 44.0 Å². The van der Waals surface area contributed by atoms with Crippen molar-refractivity contribution in [3.8, 4) is 5.75 Å². The first-order chi connectivity index (χ1) is 12.5. The second-order valence-electron chi connectivity index (χ2n) is 6.12. The molecule has 0 bridgehead atoms. The van der Waals surface area contributed by atoms with E-state index in [0.717, 1.165) is 17.7 Å². The van der Waals surface area contributed by atoms with E-state index in [1.165, 1.54) is 15.6 Å². The van der Waals surface area contributed by atoms with Crippen molar-refractivity contribution >= 4 is 27.3 Å². The summed E-state index contributed by atoms with van der Waals surface area (Å²) < 4.78 is 32.5. The maximum atomic E-state index is 12.5. The van der Waals surface area contributed by atoms with E-state index < -0.39 is 16.1 Å². The van der Waals surface area contributed by atoms with Crippen LogP contribution in [0.5, 0.6) is 5.75 Å². The first kappa shape index (κ1) is 18.9. The number of hydrogen-bond donors (Lipinski definition) is 1. The van der Waals surface area contributed by atoms with E-state index in [-0.39, 0.29) is 12.5 Å². The Morgan fingerprint density at radius 3 is 2.58 bits per heavy atom. The number of rotatable bonds is 7. The predicted molar refractivity (Wildman–Crippen MR) is 101 cm³/mol. The molecule has 1 fully saturated rings. The Morgan fingerprint density at radius 2 is 1.88 bits per heavy atom. The maximum Gasteiger partial charge on any atom is 0.261 e. The van der Waals surface area contributed by atoms with Crippen molar-refractivity contribution in [1.82, 2.24) is 9.62 Å². The van der Waals surface area contributed by atoms with Crippen molar-refractivity contribution in [2.45, 2.75) is 36.6 Å². The molecule has 2 aromatic rings. The molecule has 1 aliphatic rings. The molecule has 0 unspecified atom stereocenters. The molecule has 1 atom stereocenters. The summed E-state index contributed by atoms with van der Waals surface area (Å²) in [6, 6.07) is 12.5. The largest absolute Gasteiger partial charge is 0.481 e. The van der Waals surface area contributed by atoms with Crippen LogP contribution in [0.2, 0.25) is 0 Å². The highest BCUT2D eigenvalue weighted by molar-refractivity contribution is 7.91. The Morgan fingerprint density at radius 1 is 1.19 bits per heavy atom. The number of sulfonamides is 1. The van der Waals surface area contributed by atoms with Gasteiger partial charge in [-0.15, -0.1) is 11.3 Å². The van der Waals surface area contributed by atoms with Crippen LogP contribution in [0.3, 0.4) is 0 Å². The molecule has 1 N–H and O–H groups in total. The third-order valence-corrected chi connectivity index (χ3v) is 7.61. The Bertz CT molecular complexity index is 843. The second kappa shape index (κ2) is 8.20. The summed E-state index contributed by atoms with van der Waals surface area (Å²) in [5.41, 5.74) is 0. The van der Waals surface area contributed by atoms with Gasteiger partial charge in [0.1, 0.15) is 9.96 Å². The Kier molecular flexibility index (Phi) is 5.95. The van der Waals surface area contributed by atoms with Crippen LogP contribution in [-0.4, -0.2) is 37.8 Å². The van der Waals surface area contributed by atoms with Crippen LogP contribution in [0.25, 0.3) is 0 Å². The zero-order chi connectivity index (χ0) is 18.6. The summed E-state index contributed by atoms with van der Waals surface area (Å²) in [6.45, 7) is 3.13. The van der Waals surface area contributed by atoms with Gasteiger partial charge in [0.15, 0.2) is 6.10 Å². The number of nitrogens with one attached hydrogen (secondary N) is 1. The lowest BCUT2D eigenvalue weighted by atomic mass is 10.3. The van der Waals surface area contributed by atoms with Gasteiger partial charge in [-0.3, -0.25) is 4.79 Å². The quantitative estimate of drug-likeness (QED) is 0.783. The monoisotopic (exact) mass is 394 g/mol. The van der Waals surface area contributed by atoms with Crippen LogP contribution in [0.1, 0.15) is 24.6 Å². The molecule has 0 spiro atoms. The van der Waals surface area contributed by atoms with Gasteiger partial charge in [-0.1, -0.05) is 18.2 Å². The minimum Gasteiger partial charge on any atom is -0.481 e. The minimum atomic E-state index is -3.40. The Balaban J connectivity index is 1.55. The molecule has 3 rings (SSSR count). The molecule has 1 amide bonds. The van der Waals surface area contributed by atoms with E-state index in [4.69, 9.17) is 4.74 Å². The summed E-state index contributed by atoms with van der Waals surface area (Å²) in [4.78, 5) is 13.0. The number of nitrogens with zero attached hydrogens (tertiary/aromatic N) is 1. The van der Waals surface area contributed by atoms with Gasteiger partial charge in [0.25, 0.3) is 15.9 Å². The first-order valence-corrected chi connectivity index (χ1v) is 10.8. The molecule has 0 saturated carbocycles. The molecule has 8 heteroatoms. The standard InChI is InChI=1S/C18H22N2O4S2/c1-14(24-15-7-3-2-4-8-15)18(21)19-13-16-9-10-17(25-16)26(22,23)20-11-5-6-12-20/h2-4,7-10,14H,5-6,11-13H2,1H3,(H,19,21)/t14-/m0/s1. The maximum absolute atomic E-state index is 12.5. The lowest BCUT2D eigenvalue weighted by Crippen LogP contribution is -2.35. The summed E-state index contributed by atoms with van der Waals surface area (Å²) in [5.74, 6) is 0.386. The highest BCUT2D eigenvalue weighted by Crippen LogP contribution is 2.27. The van der Waals surface area contributed by atoms with Gasteiger partial charge in [-0.2, -0.15) is 4.31 Å². The van der Waals surface area contributed by atoms with Gasteiger partial charge < -0.3 is 10.1 Å².